The summed E-state index contributed by atoms with van der Waals surface area (Å²) < 4.78 is 0.298. The van der Waals surface area contributed by atoms with Gasteiger partial charge in [-0.1, -0.05) is 48.0 Å². The maximum Gasteiger partial charge on any atom is 0.171 e. The number of benzene rings is 1. The van der Waals surface area contributed by atoms with E-state index in [2.05, 4.69) is 24.3 Å². The third kappa shape index (κ3) is 6.74. The van der Waals surface area contributed by atoms with E-state index in [9.17, 15) is 0 Å². The molecule has 1 rings (SSSR count). The van der Waals surface area contributed by atoms with Crippen LogP contribution >= 0.6 is 23.4 Å². The molecule has 0 heterocycles. The predicted octanol–water partition coefficient (Wildman–Crippen LogP) is 0.586. The van der Waals surface area contributed by atoms with Crippen LogP contribution in [0.1, 0.15) is 5.56 Å². The van der Waals surface area contributed by atoms with Gasteiger partial charge in [0.25, 0.3) is 0 Å². The topological polar surface area (TPSA) is 0 Å². The van der Waals surface area contributed by atoms with Crippen LogP contribution in [0.5, 0.6) is 0 Å². The van der Waals surface area contributed by atoms with Crippen molar-refractivity contribution in [2.75, 3.05) is 19.6 Å². The summed E-state index contributed by atoms with van der Waals surface area (Å²) in [6, 6.07) is 10.7. The number of quaternary nitrogens is 1. The molecule has 1 aromatic rings. The van der Waals surface area contributed by atoms with Crippen molar-refractivity contribution in [3.63, 3.8) is 0 Å². The fraction of sp³-hybridized carbons (Fsp3) is 0.333. The van der Waals surface area contributed by atoms with Crippen LogP contribution in [0.3, 0.4) is 0 Å². The molecule has 0 saturated carbocycles. The summed E-state index contributed by atoms with van der Waals surface area (Å²) in [7, 11) is 1.89. The van der Waals surface area contributed by atoms with Gasteiger partial charge in [-0.2, -0.15) is 0 Å². The molecule has 90 valence electrons. The molecular weight excluding hydrogens is 356 g/mol. The van der Waals surface area contributed by atoms with Crippen LogP contribution in [0.25, 0.3) is 0 Å². The molecule has 1 atom stereocenters. The first-order chi connectivity index (χ1) is 7.14. The summed E-state index contributed by atoms with van der Waals surface area (Å²) in [6.45, 7) is 0.748. The number of rotatable bonds is 5. The second kappa shape index (κ2) is 8.34. The maximum atomic E-state index is 6.06. The molecule has 0 aliphatic heterocycles. The Morgan fingerprint density at radius 1 is 1.19 bits per heavy atom. The number of allylic oxidation sites excluding steroid dienone is 1. The lowest BCUT2D eigenvalue weighted by molar-refractivity contribution is -0.774. The zero-order valence-corrected chi connectivity index (χ0v) is 12.9. The fourth-order valence-corrected chi connectivity index (χ4v) is 1.35. The average Bonchev–Trinajstić information content (AvgIpc) is 2.26. The maximum absolute atomic E-state index is 6.06. The van der Waals surface area contributed by atoms with Gasteiger partial charge in [-0.15, -0.1) is 0 Å². The predicted molar refractivity (Wildman–Crippen MR) is 66.9 cm³/mol. The first kappa shape index (κ1) is 16.2. The van der Waals surface area contributed by atoms with E-state index >= 15 is 0 Å². The van der Waals surface area contributed by atoms with Crippen LogP contribution in [0, 0.1) is 0 Å². The molecule has 1 unspecified atom stereocenters. The lowest BCUT2D eigenvalue weighted by atomic mass is 10.1. The highest BCUT2D eigenvalue weighted by Crippen LogP contribution is 2.09. The second-order valence-electron chi connectivity index (χ2n) is 3.73. The van der Waals surface area contributed by atoms with Crippen LogP contribution in [0.4, 0.5) is 0 Å². The van der Waals surface area contributed by atoms with Gasteiger partial charge in [0.2, 0.25) is 0 Å². The molecular formula is C12H16Cl2IN. The van der Waals surface area contributed by atoms with Crippen LogP contribution in [-0.4, -0.2) is 23.6 Å². The quantitative estimate of drug-likeness (QED) is 0.233. The first-order valence-corrected chi connectivity index (χ1v) is 5.80. The molecule has 0 spiro atoms. The van der Waals surface area contributed by atoms with Crippen molar-refractivity contribution >= 4 is 23.4 Å². The van der Waals surface area contributed by atoms with Crippen molar-refractivity contribution in [3.8, 4) is 0 Å². The summed E-state index contributed by atoms with van der Waals surface area (Å²) in [5, 5.41) is 0. The third-order valence-corrected chi connectivity index (χ3v) is 3.01. The summed E-state index contributed by atoms with van der Waals surface area (Å²) in [5.74, 6) is 0. The SMILES string of the molecule is C[N+](Cl)(CCl)CC=CCc1ccccc1.[I-]. The van der Waals surface area contributed by atoms with Gasteiger partial charge >= 0.3 is 0 Å². The van der Waals surface area contributed by atoms with E-state index < -0.39 is 0 Å². The molecule has 0 aliphatic carbocycles. The lowest BCUT2D eigenvalue weighted by Gasteiger charge is -2.18. The molecule has 1 nitrogen and oxygen atoms in total. The first-order valence-electron chi connectivity index (χ1n) is 4.93. The largest absolute Gasteiger partial charge is 1.00 e. The van der Waals surface area contributed by atoms with Gasteiger partial charge in [0, 0.05) is 0 Å². The van der Waals surface area contributed by atoms with Gasteiger partial charge in [-0.25, -0.2) is 4.00 Å². The normalized spacial score (nSPS) is 14.4. The number of hydrogen-bond donors (Lipinski definition) is 0. The molecule has 4 heteroatoms. The standard InChI is InChI=1S/C12H16Cl2N.HI/c1-15(14,11-13)10-6-5-9-12-7-3-2-4-8-12;/h2-8H,9-11H2,1H3;1H/q+1;/p-1. The van der Waals surface area contributed by atoms with Crippen LogP contribution < -0.4 is 24.0 Å². The Morgan fingerprint density at radius 2 is 1.81 bits per heavy atom. The van der Waals surface area contributed by atoms with Crippen molar-refractivity contribution in [1.29, 1.82) is 0 Å². The monoisotopic (exact) mass is 371 g/mol. The molecule has 16 heavy (non-hydrogen) atoms. The molecule has 0 radical (unpaired) electrons. The highest BCUT2D eigenvalue weighted by atomic mass is 127. The molecule has 1 aromatic carbocycles. The molecule has 0 fully saturated rings. The van der Waals surface area contributed by atoms with Crippen molar-refractivity contribution in [2.24, 2.45) is 0 Å². The minimum absolute atomic E-state index is 0. The van der Waals surface area contributed by atoms with Crippen molar-refractivity contribution < 1.29 is 28.0 Å². The molecule has 0 aromatic heterocycles. The average molecular weight is 372 g/mol. The number of halogens is 3. The van der Waals surface area contributed by atoms with Crippen molar-refractivity contribution in [2.45, 2.75) is 6.42 Å². The lowest BCUT2D eigenvalue weighted by Crippen LogP contribution is -3.00. The molecule has 0 bridgehead atoms. The van der Waals surface area contributed by atoms with E-state index in [0.29, 0.717) is 10.0 Å². The number of alkyl halides is 1. The van der Waals surface area contributed by atoms with Gasteiger partial charge < -0.3 is 24.0 Å². The van der Waals surface area contributed by atoms with Crippen molar-refractivity contribution in [1.82, 2.24) is 0 Å². The Hall–Kier alpha value is 0.230. The number of likely N-dealkylation sites (N-methyl/N-ethyl adjacent to an activating group) is 1. The summed E-state index contributed by atoms with van der Waals surface area (Å²) in [4.78, 5) is 0. The Balaban J connectivity index is 0.00000225. The van der Waals surface area contributed by atoms with Crippen LogP contribution in [0.2, 0.25) is 0 Å². The van der Waals surface area contributed by atoms with Gasteiger partial charge in [-0.3, -0.25) is 0 Å². The van der Waals surface area contributed by atoms with Crippen molar-refractivity contribution in [3.05, 3.63) is 48.0 Å². The van der Waals surface area contributed by atoms with Gasteiger partial charge in [-0.05, 0) is 18.1 Å². The molecule has 0 amide bonds. The van der Waals surface area contributed by atoms with E-state index in [-0.39, 0.29) is 24.0 Å². The second-order valence-corrected chi connectivity index (χ2v) is 4.78. The molecule has 0 N–H and O–H groups in total. The molecule has 0 saturated heterocycles. The van der Waals surface area contributed by atoms with E-state index in [1.807, 2.05) is 25.2 Å². The van der Waals surface area contributed by atoms with Gasteiger partial charge in [0.1, 0.15) is 6.54 Å². The Morgan fingerprint density at radius 3 is 2.38 bits per heavy atom. The zero-order valence-electron chi connectivity index (χ0n) is 9.24. The van der Waals surface area contributed by atoms with E-state index in [0.717, 1.165) is 13.0 Å². The number of hydrogen-bond acceptors (Lipinski definition) is 0. The smallest absolute Gasteiger partial charge is 0.171 e. The highest BCUT2D eigenvalue weighted by molar-refractivity contribution is 6.19. The zero-order chi connectivity index (χ0) is 11.1. The fourth-order valence-electron chi connectivity index (χ4n) is 1.18. The summed E-state index contributed by atoms with van der Waals surface area (Å²) in [6.07, 6.45) is 5.14. The highest BCUT2D eigenvalue weighted by Gasteiger charge is 2.14. The number of nitrogens with zero attached hydrogens (tertiary/aromatic N) is 1. The third-order valence-electron chi connectivity index (χ3n) is 2.10. The minimum atomic E-state index is 0. The van der Waals surface area contributed by atoms with Gasteiger partial charge in [0.05, 0.1) is 7.05 Å². The van der Waals surface area contributed by atoms with Gasteiger partial charge in [0.15, 0.2) is 17.8 Å². The van der Waals surface area contributed by atoms with Crippen LogP contribution in [-0.2, 0) is 6.42 Å². The molecule has 0 aliphatic rings. The van der Waals surface area contributed by atoms with Crippen LogP contribution in [0.15, 0.2) is 42.5 Å². The minimum Gasteiger partial charge on any atom is -1.00 e. The summed E-state index contributed by atoms with van der Waals surface area (Å²) in [5.41, 5.74) is 1.31. The van der Waals surface area contributed by atoms with E-state index in [1.54, 1.807) is 0 Å². The Bertz CT molecular complexity index is 312. The summed E-state index contributed by atoms with van der Waals surface area (Å²) >= 11 is 11.8. The Labute approximate surface area is 125 Å². The van der Waals surface area contributed by atoms with E-state index in [4.69, 9.17) is 23.4 Å². The Kier molecular flexibility index (Phi) is 8.46. The van der Waals surface area contributed by atoms with E-state index in [1.165, 1.54) is 5.56 Å².